The van der Waals surface area contributed by atoms with Crippen molar-refractivity contribution >= 4 is 11.4 Å². The third-order valence-electron chi connectivity index (χ3n) is 4.61. The molecule has 3 rings (SSSR count). The lowest BCUT2D eigenvalue weighted by Crippen LogP contribution is -2.46. The van der Waals surface area contributed by atoms with Crippen molar-refractivity contribution in [3.63, 3.8) is 0 Å². The van der Waals surface area contributed by atoms with Crippen LogP contribution in [0.15, 0.2) is 42.5 Å². The van der Waals surface area contributed by atoms with Gasteiger partial charge in [0.25, 0.3) is 5.69 Å². The molecule has 2 aromatic carbocycles. The Labute approximate surface area is 142 Å². The number of nitrogens with zero attached hydrogens (tertiary/aromatic N) is 3. The standard InChI is InChI=1S/C19H23N3O2/c1-15-6-7-16(2)19(12-15)21-10-8-20(9-11-21)14-17-4-3-5-18(13-17)22(23)24/h3-7,12-13H,8-11,14H2,1-2H3. The van der Waals surface area contributed by atoms with Gasteiger partial charge in [-0.05, 0) is 36.6 Å². The monoisotopic (exact) mass is 325 g/mol. The topological polar surface area (TPSA) is 49.6 Å². The second-order valence-corrected chi connectivity index (χ2v) is 6.48. The largest absolute Gasteiger partial charge is 0.369 e. The van der Waals surface area contributed by atoms with Crippen LogP contribution in [0.5, 0.6) is 0 Å². The van der Waals surface area contributed by atoms with Gasteiger partial charge in [0.05, 0.1) is 4.92 Å². The van der Waals surface area contributed by atoms with E-state index in [4.69, 9.17) is 0 Å². The van der Waals surface area contributed by atoms with Crippen molar-refractivity contribution in [1.82, 2.24) is 4.90 Å². The van der Waals surface area contributed by atoms with Crippen LogP contribution in [0.25, 0.3) is 0 Å². The molecule has 1 heterocycles. The number of anilines is 1. The first-order valence-electron chi connectivity index (χ1n) is 8.31. The molecule has 0 bridgehead atoms. The van der Waals surface area contributed by atoms with Gasteiger partial charge in [-0.3, -0.25) is 15.0 Å². The van der Waals surface area contributed by atoms with Crippen molar-refractivity contribution in [3.05, 3.63) is 69.3 Å². The van der Waals surface area contributed by atoms with Crippen molar-refractivity contribution in [2.24, 2.45) is 0 Å². The Hall–Kier alpha value is -2.40. The van der Waals surface area contributed by atoms with Gasteiger partial charge in [-0.25, -0.2) is 0 Å². The van der Waals surface area contributed by atoms with Crippen molar-refractivity contribution in [1.29, 1.82) is 0 Å². The Balaban J connectivity index is 1.62. The summed E-state index contributed by atoms with van der Waals surface area (Å²) in [5, 5.41) is 10.9. The van der Waals surface area contributed by atoms with E-state index in [1.54, 1.807) is 18.2 Å². The van der Waals surface area contributed by atoms with Gasteiger partial charge in [-0.15, -0.1) is 0 Å². The third-order valence-corrected chi connectivity index (χ3v) is 4.61. The van der Waals surface area contributed by atoms with Gasteiger partial charge in [0.2, 0.25) is 0 Å². The number of nitro groups is 1. The summed E-state index contributed by atoms with van der Waals surface area (Å²) in [6.07, 6.45) is 0. The molecule has 0 amide bonds. The number of hydrogen-bond acceptors (Lipinski definition) is 4. The molecule has 0 spiro atoms. The van der Waals surface area contributed by atoms with Crippen LogP contribution in [0.3, 0.4) is 0 Å². The van der Waals surface area contributed by atoms with Crippen molar-refractivity contribution in [2.75, 3.05) is 31.1 Å². The van der Waals surface area contributed by atoms with Crippen LogP contribution in [0.1, 0.15) is 16.7 Å². The summed E-state index contributed by atoms with van der Waals surface area (Å²) in [5.74, 6) is 0. The molecule has 0 aromatic heterocycles. The minimum absolute atomic E-state index is 0.168. The average Bonchev–Trinajstić information content (AvgIpc) is 2.58. The fourth-order valence-corrected chi connectivity index (χ4v) is 3.23. The lowest BCUT2D eigenvalue weighted by Gasteiger charge is -2.37. The molecular formula is C19H23N3O2. The quantitative estimate of drug-likeness (QED) is 0.637. The van der Waals surface area contributed by atoms with E-state index >= 15 is 0 Å². The molecule has 1 fully saturated rings. The van der Waals surface area contributed by atoms with E-state index in [0.29, 0.717) is 0 Å². The van der Waals surface area contributed by atoms with E-state index in [-0.39, 0.29) is 10.6 Å². The van der Waals surface area contributed by atoms with Crippen LogP contribution in [0, 0.1) is 24.0 Å². The molecule has 0 N–H and O–H groups in total. The van der Waals surface area contributed by atoms with E-state index in [1.807, 2.05) is 6.07 Å². The van der Waals surface area contributed by atoms with Gasteiger partial charge in [0.1, 0.15) is 0 Å². The van der Waals surface area contributed by atoms with Gasteiger partial charge < -0.3 is 4.90 Å². The number of non-ortho nitro benzene ring substituents is 1. The van der Waals surface area contributed by atoms with Gasteiger partial charge in [0.15, 0.2) is 0 Å². The number of hydrogen-bond donors (Lipinski definition) is 0. The van der Waals surface area contributed by atoms with Crippen LogP contribution in [0.4, 0.5) is 11.4 Å². The maximum atomic E-state index is 10.9. The van der Waals surface area contributed by atoms with E-state index in [2.05, 4.69) is 41.8 Å². The summed E-state index contributed by atoms with van der Waals surface area (Å²) < 4.78 is 0. The highest BCUT2D eigenvalue weighted by atomic mass is 16.6. The van der Waals surface area contributed by atoms with Crippen LogP contribution >= 0.6 is 0 Å². The summed E-state index contributed by atoms with van der Waals surface area (Å²) in [5.41, 5.74) is 5.10. The van der Waals surface area contributed by atoms with Crippen LogP contribution in [0.2, 0.25) is 0 Å². The van der Waals surface area contributed by atoms with Crippen LogP contribution in [-0.4, -0.2) is 36.0 Å². The highest BCUT2D eigenvalue weighted by molar-refractivity contribution is 5.55. The molecule has 2 aromatic rings. The molecule has 5 nitrogen and oxygen atoms in total. The second-order valence-electron chi connectivity index (χ2n) is 6.48. The number of nitro benzene ring substituents is 1. The Morgan fingerprint density at radius 3 is 2.50 bits per heavy atom. The Morgan fingerprint density at radius 1 is 1.04 bits per heavy atom. The van der Waals surface area contributed by atoms with Gasteiger partial charge in [0, 0.05) is 50.5 Å². The van der Waals surface area contributed by atoms with E-state index < -0.39 is 0 Å². The molecule has 5 heteroatoms. The minimum Gasteiger partial charge on any atom is -0.369 e. The highest BCUT2D eigenvalue weighted by Gasteiger charge is 2.19. The zero-order valence-corrected chi connectivity index (χ0v) is 14.2. The Kier molecular flexibility index (Phi) is 4.81. The maximum absolute atomic E-state index is 10.9. The maximum Gasteiger partial charge on any atom is 0.269 e. The number of aryl methyl sites for hydroxylation is 2. The first-order chi connectivity index (χ1) is 11.5. The Morgan fingerprint density at radius 2 is 1.79 bits per heavy atom. The Bertz CT molecular complexity index is 737. The second kappa shape index (κ2) is 7.01. The molecule has 126 valence electrons. The molecule has 1 aliphatic rings. The molecule has 1 saturated heterocycles. The molecule has 0 unspecified atom stereocenters. The van der Waals surface area contributed by atoms with E-state index in [1.165, 1.54) is 16.8 Å². The molecule has 0 aliphatic carbocycles. The highest BCUT2D eigenvalue weighted by Crippen LogP contribution is 2.23. The summed E-state index contributed by atoms with van der Waals surface area (Å²) >= 11 is 0. The molecule has 1 aliphatic heterocycles. The van der Waals surface area contributed by atoms with Crippen molar-refractivity contribution in [2.45, 2.75) is 20.4 Å². The fourth-order valence-electron chi connectivity index (χ4n) is 3.23. The summed E-state index contributed by atoms with van der Waals surface area (Å²) in [6, 6.07) is 13.5. The number of rotatable bonds is 4. The van der Waals surface area contributed by atoms with Crippen molar-refractivity contribution in [3.8, 4) is 0 Å². The third kappa shape index (κ3) is 3.74. The lowest BCUT2D eigenvalue weighted by atomic mass is 10.1. The molecular weight excluding hydrogens is 302 g/mol. The van der Waals surface area contributed by atoms with Crippen molar-refractivity contribution < 1.29 is 4.92 Å². The summed E-state index contributed by atoms with van der Waals surface area (Å²) in [6.45, 7) is 8.96. The lowest BCUT2D eigenvalue weighted by molar-refractivity contribution is -0.384. The number of piperazine rings is 1. The first-order valence-corrected chi connectivity index (χ1v) is 8.31. The summed E-state index contributed by atoms with van der Waals surface area (Å²) in [4.78, 5) is 15.4. The first kappa shape index (κ1) is 16.5. The van der Waals surface area contributed by atoms with Crippen LogP contribution in [-0.2, 0) is 6.54 Å². The normalized spacial score (nSPS) is 15.5. The van der Waals surface area contributed by atoms with E-state index in [9.17, 15) is 10.1 Å². The molecule has 0 saturated carbocycles. The zero-order chi connectivity index (χ0) is 17.1. The average molecular weight is 325 g/mol. The smallest absolute Gasteiger partial charge is 0.269 e. The SMILES string of the molecule is Cc1ccc(C)c(N2CCN(Cc3cccc([N+](=O)[O-])c3)CC2)c1. The fraction of sp³-hybridized carbons (Fsp3) is 0.368. The predicted octanol–water partition coefficient (Wildman–Crippen LogP) is 3.53. The molecule has 24 heavy (non-hydrogen) atoms. The van der Waals surface area contributed by atoms with Gasteiger partial charge >= 0.3 is 0 Å². The van der Waals surface area contributed by atoms with Crippen LogP contribution < -0.4 is 4.90 Å². The molecule has 0 radical (unpaired) electrons. The number of benzene rings is 2. The minimum atomic E-state index is -0.331. The summed E-state index contributed by atoms with van der Waals surface area (Å²) in [7, 11) is 0. The van der Waals surface area contributed by atoms with E-state index in [0.717, 1.165) is 38.3 Å². The predicted molar refractivity (Wildman–Crippen MR) is 96.5 cm³/mol. The van der Waals surface area contributed by atoms with Gasteiger partial charge in [-0.2, -0.15) is 0 Å². The molecule has 0 atom stereocenters. The van der Waals surface area contributed by atoms with Gasteiger partial charge in [-0.1, -0.05) is 24.3 Å². The zero-order valence-electron chi connectivity index (χ0n) is 14.2.